The van der Waals surface area contributed by atoms with Gasteiger partial charge in [0.15, 0.2) is 0 Å². The highest BCUT2D eigenvalue weighted by molar-refractivity contribution is 9.10. The van der Waals surface area contributed by atoms with Gasteiger partial charge < -0.3 is 4.74 Å². The summed E-state index contributed by atoms with van der Waals surface area (Å²) >= 11 is 1.05. The fraction of sp³-hybridized carbons (Fsp3) is 0.188. The summed E-state index contributed by atoms with van der Waals surface area (Å²) in [6.45, 7) is 0.0983. The third-order valence-electron chi connectivity index (χ3n) is 3.31. The maximum absolute atomic E-state index is 14.1. The molecule has 0 aliphatic rings. The fourth-order valence-corrected chi connectivity index (χ4v) is 2.84. The highest BCUT2D eigenvalue weighted by Crippen LogP contribution is 2.18. The molecule has 1 N–H and O–H groups in total. The number of carbonyl (C=O) groups excluding carboxylic acids is 1. The molecule has 2 aromatic carbocycles. The van der Waals surface area contributed by atoms with E-state index in [9.17, 15) is 17.9 Å². The molecule has 1 unspecified atom stereocenters. The smallest absolute Gasteiger partial charge is 0.337 e. The standard InChI is InChI=1S/C16H15BrFNO4S/c1-23-16(20)12-4-5-13(15(18)8-12)10-19(24(21)22)9-11-2-6-14(17)7-3-11/h2-8H,9-10H2,1H3,(H,21,22). The summed E-state index contributed by atoms with van der Waals surface area (Å²) in [5.74, 6) is -1.28. The second-order valence-electron chi connectivity index (χ2n) is 4.95. The average Bonchev–Trinajstić information content (AvgIpc) is 2.56. The molecule has 2 rings (SSSR count). The molecule has 24 heavy (non-hydrogen) atoms. The topological polar surface area (TPSA) is 66.8 Å². The van der Waals surface area contributed by atoms with Crippen LogP contribution in [-0.2, 0) is 29.1 Å². The van der Waals surface area contributed by atoms with Crippen LogP contribution in [0.4, 0.5) is 4.39 Å². The van der Waals surface area contributed by atoms with E-state index in [1.54, 1.807) is 12.1 Å². The zero-order chi connectivity index (χ0) is 17.7. The minimum atomic E-state index is -2.27. The number of halogens is 2. The minimum absolute atomic E-state index is 0.0769. The Balaban J connectivity index is 2.17. The van der Waals surface area contributed by atoms with Crippen LogP contribution in [0.1, 0.15) is 21.5 Å². The summed E-state index contributed by atoms with van der Waals surface area (Å²) in [5.41, 5.74) is 1.11. The first-order valence-corrected chi connectivity index (χ1v) is 8.73. The lowest BCUT2D eigenvalue weighted by Gasteiger charge is -2.18. The second-order valence-corrected chi connectivity index (χ2v) is 6.85. The number of methoxy groups -OCH3 is 1. The number of nitrogens with zero attached hydrogens (tertiary/aromatic N) is 1. The van der Waals surface area contributed by atoms with Crippen LogP contribution in [0.2, 0.25) is 0 Å². The molecule has 0 aliphatic carbocycles. The van der Waals surface area contributed by atoms with E-state index in [0.717, 1.165) is 16.1 Å². The van der Waals surface area contributed by atoms with E-state index in [-0.39, 0.29) is 24.2 Å². The van der Waals surface area contributed by atoms with Crippen molar-refractivity contribution >= 4 is 33.2 Å². The number of benzene rings is 2. The number of hydrogen-bond acceptors (Lipinski definition) is 3. The zero-order valence-electron chi connectivity index (χ0n) is 12.7. The molecule has 0 radical (unpaired) electrons. The fourth-order valence-electron chi connectivity index (χ4n) is 2.07. The molecule has 8 heteroatoms. The van der Waals surface area contributed by atoms with Gasteiger partial charge >= 0.3 is 5.97 Å². The number of rotatable bonds is 6. The highest BCUT2D eigenvalue weighted by Gasteiger charge is 2.16. The van der Waals surface area contributed by atoms with Crippen molar-refractivity contribution < 1.29 is 22.7 Å². The molecular weight excluding hydrogens is 401 g/mol. The van der Waals surface area contributed by atoms with Gasteiger partial charge in [-0.2, -0.15) is 4.31 Å². The highest BCUT2D eigenvalue weighted by atomic mass is 79.9. The largest absolute Gasteiger partial charge is 0.465 e. The van der Waals surface area contributed by atoms with E-state index in [0.29, 0.717) is 0 Å². The van der Waals surface area contributed by atoms with Gasteiger partial charge in [-0.3, -0.25) is 4.55 Å². The maximum Gasteiger partial charge on any atom is 0.337 e. The van der Waals surface area contributed by atoms with Crippen molar-refractivity contribution in [2.45, 2.75) is 13.1 Å². The lowest BCUT2D eigenvalue weighted by Crippen LogP contribution is -2.25. The molecule has 0 aromatic heterocycles. The van der Waals surface area contributed by atoms with Gasteiger partial charge in [0.25, 0.3) is 0 Å². The number of esters is 1. The van der Waals surface area contributed by atoms with Gasteiger partial charge in [-0.05, 0) is 29.8 Å². The Morgan fingerprint density at radius 2 is 1.92 bits per heavy atom. The third kappa shape index (κ3) is 4.94. The van der Waals surface area contributed by atoms with Crippen LogP contribution in [0, 0.1) is 5.82 Å². The average molecular weight is 416 g/mol. The van der Waals surface area contributed by atoms with Gasteiger partial charge in [0.2, 0.25) is 11.3 Å². The Kier molecular flexibility index (Phi) is 6.61. The zero-order valence-corrected chi connectivity index (χ0v) is 15.1. The predicted octanol–water partition coefficient (Wildman–Crippen LogP) is 3.51. The van der Waals surface area contributed by atoms with E-state index in [1.165, 1.54) is 23.5 Å². The summed E-state index contributed by atoms with van der Waals surface area (Å²) in [7, 11) is 1.21. The Hall–Kier alpha value is -1.61. The molecule has 0 aliphatic heterocycles. The molecule has 0 saturated carbocycles. The van der Waals surface area contributed by atoms with Crippen molar-refractivity contribution in [2.75, 3.05) is 7.11 Å². The van der Waals surface area contributed by atoms with Gasteiger partial charge in [-0.25, -0.2) is 13.4 Å². The van der Waals surface area contributed by atoms with Gasteiger partial charge in [0.1, 0.15) is 5.82 Å². The summed E-state index contributed by atoms with van der Waals surface area (Å²) < 4.78 is 41.8. The van der Waals surface area contributed by atoms with Gasteiger partial charge in [0.05, 0.1) is 12.7 Å². The first-order valence-electron chi connectivity index (χ1n) is 6.88. The molecule has 0 amide bonds. The molecule has 0 spiro atoms. The Bertz CT molecular complexity index is 754. The normalized spacial score (nSPS) is 12.2. The van der Waals surface area contributed by atoms with Crippen LogP contribution < -0.4 is 0 Å². The SMILES string of the molecule is COC(=O)c1ccc(CN(Cc2ccc(Br)cc2)S(=O)O)c(F)c1. The number of carbonyl (C=O) groups is 1. The Morgan fingerprint density at radius 1 is 1.25 bits per heavy atom. The van der Waals surface area contributed by atoms with Crippen LogP contribution in [0.15, 0.2) is 46.9 Å². The van der Waals surface area contributed by atoms with Crippen molar-refractivity contribution in [3.05, 3.63) is 69.4 Å². The maximum atomic E-state index is 14.1. The van der Waals surface area contributed by atoms with Crippen molar-refractivity contribution in [2.24, 2.45) is 0 Å². The van der Waals surface area contributed by atoms with Gasteiger partial charge in [-0.15, -0.1) is 0 Å². The van der Waals surface area contributed by atoms with Crippen LogP contribution in [-0.4, -0.2) is 26.1 Å². The van der Waals surface area contributed by atoms with Crippen molar-refractivity contribution in [3.63, 3.8) is 0 Å². The number of ether oxygens (including phenoxy) is 1. The van der Waals surface area contributed by atoms with Crippen molar-refractivity contribution in [3.8, 4) is 0 Å². The lowest BCUT2D eigenvalue weighted by atomic mass is 10.1. The van der Waals surface area contributed by atoms with E-state index in [2.05, 4.69) is 20.7 Å². The lowest BCUT2D eigenvalue weighted by molar-refractivity contribution is 0.0600. The Morgan fingerprint density at radius 3 is 2.46 bits per heavy atom. The molecule has 0 fully saturated rings. The monoisotopic (exact) mass is 415 g/mol. The molecular formula is C16H15BrFNO4S. The first kappa shape index (κ1) is 18.7. The summed E-state index contributed by atoms with van der Waals surface area (Å²) in [6, 6.07) is 11.1. The van der Waals surface area contributed by atoms with Crippen molar-refractivity contribution in [1.82, 2.24) is 4.31 Å². The van der Waals surface area contributed by atoms with Gasteiger partial charge in [-0.1, -0.05) is 34.1 Å². The first-order chi connectivity index (χ1) is 11.4. The molecule has 0 bridgehead atoms. The number of hydrogen-bond donors (Lipinski definition) is 1. The minimum Gasteiger partial charge on any atom is -0.465 e. The van der Waals surface area contributed by atoms with Gasteiger partial charge in [0, 0.05) is 23.1 Å². The molecule has 5 nitrogen and oxygen atoms in total. The van der Waals surface area contributed by atoms with Crippen LogP contribution in [0.25, 0.3) is 0 Å². The van der Waals surface area contributed by atoms with Crippen LogP contribution >= 0.6 is 15.9 Å². The molecule has 0 heterocycles. The third-order valence-corrected chi connectivity index (χ3v) is 4.54. The van der Waals surface area contributed by atoms with E-state index < -0.39 is 23.1 Å². The predicted molar refractivity (Wildman–Crippen MR) is 91.9 cm³/mol. The molecule has 128 valence electrons. The quantitative estimate of drug-likeness (QED) is 0.578. The molecule has 0 saturated heterocycles. The van der Waals surface area contributed by atoms with Crippen LogP contribution in [0.5, 0.6) is 0 Å². The summed E-state index contributed by atoms with van der Waals surface area (Å²) in [6.07, 6.45) is 0. The summed E-state index contributed by atoms with van der Waals surface area (Å²) in [5, 5.41) is 0. The van der Waals surface area contributed by atoms with E-state index in [1.807, 2.05) is 12.1 Å². The van der Waals surface area contributed by atoms with E-state index >= 15 is 0 Å². The second kappa shape index (κ2) is 8.48. The molecule has 2 aromatic rings. The Labute approximate surface area is 150 Å². The summed E-state index contributed by atoms with van der Waals surface area (Å²) in [4.78, 5) is 11.4. The van der Waals surface area contributed by atoms with Crippen LogP contribution in [0.3, 0.4) is 0 Å². The molecule has 1 atom stereocenters. The van der Waals surface area contributed by atoms with E-state index in [4.69, 9.17) is 0 Å². The van der Waals surface area contributed by atoms with Crippen molar-refractivity contribution in [1.29, 1.82) is 0 Å².